The van der Waals surface area contributed by atoms with Crippen molar-refractivity contribution in [1.29, 1.82) is 0 Å². The lowest BCUT2D eigenvalue weighted by molar-refractivity contribution is 0.0395. The summed E-state index contributed by atoms with van der Waals surface area (Å²) in [5.41, 5.74) is 0.834. The predicted molar refractivity (Wildman–Crippen MR) is 100.0 cm³/mol. The molecule has 0 heterocycles. The number of aliphatic hydroxyl groups excluding tert-OH is 2. The molecule has 0 aliphatic heterocycles. The van der Waals surface area contributed by atoms with Gasteiger partial charge in [0.15, 0.2) is 11.5 Å². The lowest BCUT2D eigenvalue weighted by atomic mass is 10.2. The van der Waals surface area contributed by atoms with Crippen LogP contribution in [0.4, 0.5) is 0 Å². The van der Waals surface area contributed by atoms with Crippen molar-refractivity contribution in [3.8, 4) is 11.5 Å². The number of methoxy groups -OCH3 is 1. The van der Waals surface area contributed by atoms with Gasteiger partial charge in [-0.2, -0.15) is 0 Å². The summed E-state index contributed by atoms with van der Waals surface area (Å²) in [4.78, 5) is 5.13. The van der Waals surface area contributed by atoms with E-state index in [0.717, 1.165) is 18.4 Å². The molecule has 2 unspecified atom stereocenters. The summed E-state index contributed by atoms with van der Waals surface area (Å²) >= 11 is 0. The van der Waals surface area contributed by atoms with Crippen molar-refractivity contribution in [1.82, 2.24) is 5.32 Å². The summed E-state index contributed by atoms with van der Waals surface area (Å²) in [7, 11) is 1.63. The third-order valence-corrected chi connectivity index (χ3v) is 4.15. The maximum atomic E-state index is 9.75. The van der Waals surface area contributed by atoms with E-state index in [2.05, 4.69) is 10.5 Å². The van der Waals surface area contributed by atoms with Crippen LogP contribution < -0.4 is 14.8 Å². The average Bonchev–Trinajstić information content (AvgIpc) is 3.12. The predicted octanol–water partition coefficient (Wildman–Crippen LogP) is 1.70. The monoisotopic (exact) mass is 366 g/mol. The van der Waals surface area contributed by atoms with Gasteiger partial charge in [-0.25, -0.2) is 0 Å². The van der Waals surface area contributed by atoms with Gasteiger partial charge in [-0.05, 0) is 50.8 Å². The summed E-state index contributed by atoms with van der Waals surface area (Å²) in [5.74, 6) is 1.42. The molecule has 1 aromatic rings. The van der Waals surface area contributed by atoms with Gasteiger partial charge in [-0.1, -0.05) is 5.16 Å². The zero-order valence-electron chi connectivity index (χ0n) is 15.6. The molecule has 0 spiro atoms. The molecule has 3 N–H and O–H groups in total. The minimum Gasteiger partial charge on any atom is -0.493 e. The molecule has 1 fully saturated rings. The highest BCUT2D eigenvalue weighted by Crippen LogP contribution is 2.32. The summed E-state index contributed by atoms with van der Waals surface area (Å²) in [5, 5.41) is 25.7. The lowest BCUT2D eigenvalue weighted by Gasteiger charge is -2.16. The van der Waals surface area contributed by atoms with Crippen LogP contribution in [0.25, 0.3) is 0 Å². The van der Waals surface area contributed by atoms with E-state index in [-0.39, 0.29) is 12.7 Å². The molecule has 1 aliphatic rings. The number of nitrogens with zero attached hydrogens (tertiary/aromatic N) is 1. The third kappa shape index (κ3) is 7.19. The van der Waals surface area contributed by atoms with Crippen molar-refractivity contribution in [3.05, 3.63) is 23.8 Å². The first-order valence-corrected chi connectivity index (χ1v) is 9.15. The Kier molecular flexibility index (Phi) is 8.67. The highest BCUT2D eigenvalue weighted by atomic mass is 16.6. The molecule has 7 nitrogen and oxygen atoms in total. The summed E-state index contributed by atoms with van der Waals surface area (Å²) < 4.78 is 11.4. The number of ether oxygens (including phenoxy) is 2. The molecule has 2 atom stereocenters. The standard InChI is InChI=1S/C19H30N2O5/c1-14(22)10-20-12-16(23)13-25-21-11-15-7-8-18(24-2)19(9-15)26-17-5-3-4-6-17/h7-9,11,14,16-17,20,22-23H,3-6,10,12-13H2,1-2H3/b21-11+. The zero-order chi connectivity index (χ0) is 18.8. The van der Waals surface area contributed by atoms with E-state index in [0.29, 0.717) is 24.6 Å². The van der Waals surface area contributed by atoms with Crippen molar-refractivity contribution in [2.24, 2.45) is 5.16 Å². The highest BCUT2D eigenvalue weighted by Gasteiger charge is 2.18. The number of oxime groups is 1. The molecule has 0 amide bonds. The number of benzene rings is 1. The van der Waals surface area contributed by atoms with Gasteiger partial charge in [0.1, 0.15) is 12.7 Å². The first-order chi connectivity index (χ1) is 12.6. The van der Waals surface area contributed by atoms with E-state index < -0.39 is 12.2 Å². The maximum absolute atomic E-state index is 9.75. The summed E-state index contributed by atoms with van der Waals surface area (Å²) in [6, 6.07) is 5.60. The van der Waals surface area contributed by atoms with Crippen molar-refractivity contribution >= 4 is 6.21 Å². The van der Waals surface area contributed by atoms with Crippen LogP contribution in [-0.2, 0) is 4.84 Å². The van der Waals surface area contributed by atoms with Gasteiger partial charge in [0.2, 0.25) is 0 Å². The molecule has 0 radical (unpaired) electrons. The molecule has 7 heteroatoms. The van der Waals surface area contributed by atoms with Crippen LogP contribution in [0.1, 0.15) is 38.2 Å². The first-order valence-electron chi connectivity index (χ1n) is 9.15. The quantitative estimate of drug-likeness (QED) is 0.408. The molecule has 1 aromatic carbocycles. The maximum Gasteiger partial charge on any atom is 0.162 e. The van der Waals surface area contributed by atoms with Gasteiger partial charge in [0.25, 0.3) is 0 Å². The molecule has 26 heavy (non-hydrogen) atoms. The fourth-order valence-electron chi connectivity index (χ4n) is 2.80. The topological polar surface area (TPSA) is 92.5 Å². The minimum atomic E-state index is -0.692. The molecule has 2 rings (SSSR count). The van der Waals surface area contributed by atoms with Gasteiger partial charge in [-0.15, -0.1) is 0 Å². The number of nitrogens with one attached hydrogen (secondary N) is 1. The lowest BCUT2D eigenvalue weighted by Crippen LogP contribution is -2.34. The van der Waals surface area contributed by atoms with E-state index in [1.807, 2.05) is 18.2 Å². The van der Waals surface area contributed by atoms with E-state index >= 15 is 0 Å². The van der Waals surface area contributed by atoms with Gasteiger partial charge < -0.3 is 29.8 Å². The van der Waals surface area contributed by atoms with E-state index in [1.165, 1.54) is 12.8 Å². The Morgan fingerprint density at radius 3 is 2.69 bits per heavy atom. The number of aliphatic hydroxyl groups is 2. The Morgan fingerprint density at radius 1 is 1.23 bits per heavy atom. The SMILES string of the molecule is COc1ccc(/C=N/OCC(O)CNCC(C)O)cc1OC1CCCC1. The Bertz CT molecular complexity index is 559. The second-order valence-corrected chi connectivity index (χ2v) is 6.63. The van der Waals surface area contributed by atoms with E-state index in [1.54, 1.807) is 20.2 Å². The third-order valence-electron chi connectivity index (χ3n) is 4.15. The highest BCUT2D eigenvalue weighted by molar-refractivity contribution is 5.80. The van der Waals surface area contributed by atoms with Crippen LogP contribution in [0.3, 0.4) is 0 Å². The minimum absolute atomic E-state index is 0.0743. The molecule has 1 saturated carbocycles. The van der Waals surface area contributed by atoms with Gasteiger partial charge >= 0.3 is 0 Å². The largest absolute Gasteiger partial charge is 0.493 e. The van der Waals surface area contributed by atoms with Crippen LogP contribution in [0.15, 0.2) is 23.4 Å². The normalized spacial score (nSPS) is 17.4. The van der Waals surface area contributed by atoms with Crippen LogP contribution in [0, 0.1) is 0 Å². The van der Waals surface area contributed by atoms with E-state index in [9.17, 15) is 5.11 Å². The van der Waals surface area contributed by atoms with E-state index in [4.69, 9.17) is 19.4 Å². The molecule has 0 bridgehead atoms. The molecule has 146 valence electrons. The number of rotatable bonds is 11. The van der Waals surface area contributed by atoms with Crippen LogP contribution in [0.5, 0.6) is 11.5 Å². The smallest absolute Gasteiger partial charge is 0.162 e. The number of hydrogen-bond donors (Lipinski definition) is 3. The Hall–Kier alpha value is -1.83. The van der Waals surface area contributed by atoms with Crippen molar-refractivity contribution in [2.75, 3.05) is 26.8 Å². The second-order valence-electron chi connectivity index (χ2n) is 6.63. The summed E-state index contributed by atoms with van der Waals surface area (Å²) in [6.07, 6.45) is 5.25. The molecule has 1 aliphatic carbocycles. The van der Waals surface area contributed by atoms with Crippen LogP contribution in [-0.4, -0.2) is 61.5 Å². The number of hydrogen-bond acceptors (Lipinski definition) is 7. The Balaban J connectivity index is 1.81. The van der Waals surface area contributed by atoms with Crippen molar-refractivity contribution in [2.45, 2.75) is 50.9 Å². The van der Waals surface area contributed by atoms with Crippen LogP contribution >= 0.6 is 0 Å². The fourth-order valence-corrected chi connectivity index (χ4v) is 2.80. The molecule has 0 aromatic heterocycles. The Morgan fingerprint density at radius 2 is 2.00 bits per heavy atom. The van der Waals surface area contributed by atoms with Gasteiger partial charge in [-0.3, -0.25) is 0 Å². The molecular formula is C19H30N2O5. The van der Waals surface area contributed by atoms with Gasteiger partial charge in [0.05, 0.1) is 25.5 Å². The Labute approximate surface area is 154 Å². The van der Waals surface area contributed by atoms with Crippen LogP contribution in [0.2, 0.25) is 0 Å². The fraction of sp³-hybridized carbons (Fsp3) is 0.632. The molecule has 0 saturated heterocycles. The van der Waals surface area contributed by atoms with Crippen molar-refractivity contribution < 1.29 is 24.5 Å². The first kappa shape index (κ1) is 20.5. The second kappa shape index (κ2) is 11.0. The molecular weight excluding hydrogens is 336 g/mol. The van der Waals surface area contributed by atoms with Crippen molar-refractivity contribution in [3.63, 3.8) is 0 Å². The van der Waals surface area contributed by atoms with Gasteiger partial charge in [0, 0.05) is 18.7 Å². The zero-order valence-corrected chi connectivity index (χ0v) is 15.6. The summed E-state index contributed by atoms with van der Waals surface area (Å²) in [6.45, 7) is 2.52. The average molecular weight is 366 g/mol.